The highest BCUT2D eigenvalue weighted by atomic mass is 32.2. The number of thioether (sulfide) groups is 2. The standard InChI is InChI=1S/C21H14N2O4S2/c24-18-9-10-19(25)22(18)14-5-1-3-7-16(14)28-13-29-17-8-4-2-6-15(17)23-20(26)11-12-21(23)27/h1-12H,13H2. The first-order chi connectivity index (χ1) is 14.1. The van der Waals surface area contributed by atoms with Crippen molar-refractivity contribution in [1.82, 2.24) is 0 Å². The Morgan fingerprint density at radius 2 is 0.897 bits per heavy atom. The Kier molecular flexibility index (Phi) is 5.37. The summed E-state index contributed by atoms with van der Waals surface area (Å²) in [4.78, 5) is 51.9. The summed E-state index contributed by atoms with van der Waals surface area (Å²) in [7, 11) is 0. The van der Waals surface area contributed by atoms with Crippen molar-refractivity contribution in [3.05, 3.63) is 72.8 Å². The highest BCUT2D eigenvalue weighted by molar-refractivity contribution is 8.16. The van der Waals surface area contributed by atoms with E-state index in [9.17, 15) is 19.2 Å². The molecule has 2 aliphatic rings. The minimum Gasteiger partial charge on any atom is -0.269 e. The van der Waals surface area contributed by atoms with Crippen molar-refractivity contribution >= 4 is 58.5 Å². The summed E-state index contributed by atoms with van der Waals surface area (Å²) in [5, 5.41) is 0.557. The molecule has 29 heavy (non-hydrogen) atoms. The summed E-state index contributed by atoms with van der Waals surface area (Å²) in [6, 6.07) is 14.4. The third-order valence-corrected chi connectivity index (χ3v) is 6.51. The quantitative estimate of drug-likeness (QED) is 0.404. The van der Waals surface area contributed by atoms with Crippen molar-refractivity contribution in [2.45, 2.75) is 9.79 Å². The van der Waals surface area contributed by atoms with Crippen LogP contribution in [0.25, 0.3) is 0 Å². The van der Waals surface area contributed by atoms with Crippen LogP contribution in [0, 0.1) is 0 Å². The van der Waals surface area contributed by atoms with E-state index in [2.05, 4.69) is 0 Å². The minimum absolute atomic E-state index is 0.361. The number of benzene rings is 2. The van der Waals surface area contributed by atoms with Crippen LogP contribution in [0.4, 0.5) is 11.4 Å². The van der Waals surface area contributed by atoms with Gasteiger partial charge in [-0.3, -0.25) is 19.2 Å². The van der Waals surface area contributed by atoms with Crippen LogP contribution in [0.3, 0.4) is 0 Å². The lowest BCUT2D eigenvalue weighted by atomic mass is 10.3. The average Bonchev–Trinajstić information content (AvgIpc) is 3.23. The van der Waals surface area contributed by atoms with Crippen molar-refractivity contribution in [1.29, 1.82) is 0 Å². The topological polar surface area (TPSA) is 74.8 Å². The predicted molar refractivity (Wildman–Crippen MR) is 113 cm³/mol. The molecular weight excluding hydrogens is 408 g/mol. The summed E-state index contributed by atoms with van der Waals surface area (Å²) >= 11 is 2.94. The van der Waals surface area contributed by atoms with E-state index in [-0.39, 0.29) is 23.6 Å². The van der Waals surface area contributed by atoms with Crippen molar-refractivity contribution in [3.63, 3.8) is 0 Å². The van der Waals surface area contributed by atoms with Crippen LogP contribution in [0.5, 0.6) is 0 Å². The number of anilines is 2. The molecule has 2 aromatic rings. The number of nitrogens with zero attached hydrogens (tertiary/aromatic N) is 2. The average molecular weight is 422 g/mol. The summed E-state index contributed by atoms with van der Waals surface area (Å²) in [5.41, 5.74) is 1.08. The summed E-state index contributed by atoms with van der Waals surface area (Å²) in [6.07, 6.45) is 5.03. The van der Waals surface area contributed by atoms with Gasteiger partial charge in [0.25, 0.3) is 23.6 Å². The molecule has 0 saturated heterocycles. The van der Waals surface area contributed by atoms with Crippen LogP contribution in [0.15, 0.2) is 82.6 Å². The molecule has 144 valence electrons. The molecule has 0 N–H and O–H groups in total. The number of carbonyl (C=O) groups excluding carboxylic acids is 4. The Balaban J connectivity index is 1.50. The molecule has 0 aromatic heterocycles. The molecule has 0 fully saturated rings. The van der Waals surface area contributed by atoms with Gasteiger partial charge in [-0.25, -0.2) is 9.80 Å². The third-order valence-electron chi connectivity index (χ3n) is 4.26. The maximum absolute atomic E-state index is 12.0. The Hall–Kier alpha value is -3.10. The second-order valence-corrected chi connectivity index (χ2v) is 8.43. The highest BCUT2D eigenvalue weighted by Gasteiger charge is 2.28. The number of imide groups is 2. The molecule has 4 rings (SSSR count). The second-order valence-electron chi connectivity index (χ2n) is 6.03. The van der Waals surface area contributed by atoms with Gasteiger partial charge in [0, 0.05) is 39.2 Å². The van der Waals surface area contributed by atoms with Gasteiger partial charge in [0.1, 0.15) is 0 Å². The van der Waals surface area contributed by atoms with Gasteiger partial charge in [0.15, 0.2) is 0 Å². The summed E-state index contributed by atoms with van der Waals surface area (Å²) in [6.45, 7) is 0. The Morgan fingerprint density at radius 1 is 0.552 bits per heavy atom. The second kappa shape index (κ2) is 8.10. The van der Waals surface area contributed by atoms with E-state index in [0.29, 0.717) is 16.5 Å². The van der Waals surface area contributed by atoms with Crippen LogP contribution in [-0.2, 0) is 19.2 Å². The first kappa shape index (κ1) is 19.2. The molecule has 6 nitrogen and oxygen atoms in total. The predicted octanol–water partition coefficient (Wildman–Crippen LogP) is 3.39. The zero-order valence-electron chi connectivity index (χ0n) is 15.0. The maximum Gasteiger partial charge on any atom is 0.258 e. The molecule has 0 bridgehead atoms. The molecule has 0 spiro atoms. The Morgan fingerprint density at radius 3 is 1.28 bits per heavy atom. The third kappa shape index (κ3) is 3.76. The minimum atomic E-state index is -0.361. The van der Waals surface area contributed by atoms with E-state index in [4.69, 9.17) is 0 Å². The van der Waals surface area contributed by atoms with Gasteiger partial charge in [0.05, 0.1) is 11.4 Å². The summed E-state index contributed by atoms with van der Waals surface area (Å²) in [5.74, 6) is -1.45. The first-order valence-corrected chi connectivity index (χ1v) is 10.6. The van der Waals surface area contributed by atoms with Crippen molar-refractivity contribution in [2.75, 3.05) is 14.9 Å². The number of carbonyl (C=O) groups is 4. The Bertz CT molecular complexity index is 972. The van der Waals surface area contributed by atoms with Crippen LogP contribution < -0.4 is 9.80 Å². The van der Waals surface area contributed by atoms with Gasteiger partial charge in [-0.15, -0.1) is 23.5 Å². The normalized spacial score (nSPS) is 15.9. The Labute approximate surface area is 175 Å². The monoisotopic (exact) mass is 422 g/mol. The molecule has 2 aliphatic heterocycles. The van der Waals surface area contributed by atoms with E-state index in [1.165, 1.54) is 47.8 Å². The largest absolute Gasteiger partial charge is 0.269 e. The molecule has 2 heterocycles. The molecule has 0 radical (unpaired) electrons. The van der Waals surface area contributed by atoms with Gasteiger partial charge >= 0.3 is 0 Å². The molecule has 0 aliphatic carbocycles. The molecular formula is C21H14N2O4S2. The highest BCUT2D eigenvalue weighted by Crippen LogP contribution is 2.38. The lowest BCUT2D eigenvalue weighted by Crippen LogP contribution is -2.30. The molecule has 2 aromatic carbocycles. The van der Waals surface area contributed by atoms with Crippen LogP contribution in [-0.4, -0.2) is 28.7 Å². The zero-order chi connectivity index (χ0) is 20.4. The van der Waals surface area contributed by atoms with Crippen LogP contribution in [0.2, 0.25) is 0 Å². The van der Waals surface area contributed by atoms with Gasteiger partial charge in [-0.1, -0.05) is 24.3 Å². The summed E-state index contributed by atoms with van der Waals surface area (Å²) < 4.78 is 0. The molecule has 8 heteroatoms. The van der Waals surface area contributed by atoms with E-state index >= 15 is 0 Å². The van der Waals surface area contributed by atoms with Gasteiger partial charge < -0.3 is 0 Å². The molecule has 4 amide bonds. The van der Waals surface area contributed by atoms with Crippen LogP contribution >= 0.6 is 23.5 Å². The maximum atomic E-state index is 12.0. The van der Waals surface area contributed by atoms with E-state index in [0.717, 1.165) is 19.6 Å². The molecule has 0 saturated carbocycles. The van der Waals surface area contributed by atoms with Crippen molar-refractivity contribution in [3.8, 4) is 0 Å². The van der Waals surface area contributed by atoms with Crippen molar-refractivity contribution in [2.24, 2.45) is 0 Å². The van der Waals surface area contributed by atoms with Crippen molar-refractivity contribution < 1.29 is 19.2 Å². The van der Waals surface area contributed by atoms with Gasteiger partial charge in [-0.05, 0) is 24.3 Å². The lowest BCUT2D eigenvalue weighted by molar-refractivity contribution is -0.121. The number of amides is 4. The van der Waals surface area contributed by atoms with Gasteiger partial charge in [-0.2, -0.15) is 0 Å². The number of hydrogen-bond donors (Lipinski definition) is 0. The SMILES string of the molecule is O=C1C=CC(=O)N1c1ccccc1SCSc1ccccc1N1C(=O)C=CC1=O. The smallest absolute Gasteiger partial charge is 0.258 e. The van der Waals surface area contributed by atoms with E-state index in [1.54, 1.807) is 24.3 Å². The fourth-order valence-electron chi connectivity index (χ4n) is 2.96. The zero-order valence-corrected chi connectivity index (χ0v) is 16.6. The van der Waals surface area contributed by atoms with E-state index < -0.39 is 0 Å². The first-order valence-electron chi connectivity index (χ1n) is 8.62. The number of para-hydroxylation sites is 2. The molecule has 0 unspecified atom stereocenters. The van der Waals surface area contributed by atoms with E-state index in [1.807, 2.05) is 24.3 Å². The fourth-order valence-corrected chi connectivity index (χ4v) is 5.18. The van der Waals surface area contributed by atoms with Crippen LogP contribution in [0.1, 0.15) is 0 Å². The molecule has 0 atom stereocenters. The fraction of sp³-hybridized carbons (Fsp3) is 0.0476. The number of hydrogen-bond acceptors (Lipinski definition) is 6. The van der Waals surface area contributed by atoms with Gasteiger partial charge in [0.2, 0.25) is 0 Å². The number of rotatable bonds is 6. The lowest BCUT2D eigenvalue weighted by Gasteiger charge is -2.19.